The first-order chi connectivity index (χ1) is 8.45. The van der Waals surface area contributed by atoms with Crippen LogP contribution in [0.1, 0.15) is 33.3 Å². The van der Waals surface area contributed by atoms with Crippen molar-refractivity contribution in [2.75, 3.05) is 6.54 Å². The first kappa shape index (κ1) is 15.1. The molecule has 18 heavy (non-hydrogen) atoms. The van der Waals surface area contributed by atoms with Gasteiger partial charge in [-0.2, -0.15) is 0 Å². The van der Waals surface area contributed by atoms with Crippen molar-refractivity contribution < 1.29 is 8.78 Å². The minimum absolute atomic E-state index is 0.292. The fourth-order valence-corrected chi connectivity index (χ4v) is 2.09. The molecule has 0 bridgehead atoms. The lowest BCUT2D eigenvalue weighted by Gasteiger charge is -2.28. The van der Waals surface area contributed by atoms with Crippen LogP contribution in [0, 0.1) is 23.5 Å². The van der Waals surface area contributed by atoms with Gasteiger partial charge in [0.2, 0.25) is 0 Å². The van der Waals surface area contributed by atoms with Gasteiger partial charge < -0.3 is 5.32 Å². The number of rotatable bonds is 6. The van der Waals surface area contributed by atoms with Crippen LogP contribution in [0.2, 0.25) is 0 Å². The predicted octanol–water partition coefficient (Wildman–Crippen LogP) is 3.78. The van der Waals surface area contributed by atoms with Crippen LogP contribution < -0.4 is 5.32 Å². The Balaban J connectivity index is 2.79. The van der Waals surface area contributed by atoms with E-state index in [-0.39, 0.29) is 0 Å². The Morgan fingerprint density at radius 2 is 1.78 bits per heavy atom. The highest BCUT2D eigenvalue weighted by molar-refractivity contribution is 5.19. The molecule has 0 spiro atoms. The maximum atomic E-state index is 13.2. The third-order valence-corrected chi connectivity index (χ3v) is 3.59. The number of hydrogen-bond donors (Lipinski definition) is 1. The Hall–Kier alpha value is -0.960. The van der Waals surface area contributed by atoms with Crippen LogP contribution in [0.25, 0.3) is 0 Å². The van der Waals surface area contributed by atoms with Gasteiger partial charge in [-0.15, -0.1) is 0 Å². The van der Waals surface area contributed by atoms with Crippen LogP contribution in [0.4, 0.5) is 8.78 Å². The molecule has 3 heteroatoms. The van der Waals surface area contributed by atoms with Gasteiger partial charge in [0.1, 0.15) is 0 Å². The second kappa shape index (κ2) is 6.83. The summed E-state index contributed by atoms with van der Waals surface area (Å²) in [5.41, 5.74) is 0.840. The molecule has 102 valence electrons. The Morgan fingerprint density at radius 3 is 2.28 bits per heavy atom. The van der Waals surface area contributed by atoms with E-state index in [2.05, 4.69) is 33.0 Å². The topological polar surface area (TPSA) is 12.0 Å². The zero-order valence-corrected chi connectivity index (χ0v) is 11.6. The molecule has 0 saturated heterocycles. The SMILES string of the molecule is CCNC(Cc1ccc(F)c(F)c1)C(C)C(C)C. The lowest BCUT2D eigenvalue weighted by Crippen LogP contribution is -2.39. The number of likely N-dealkylation sites (N-methyl/N-ethyl adjacent to an activating group) is 1. The summed E-state index contributed by atoms with van der Waals surface area (Å²) in [7, 11) is 0. The van der Waals surface area contributed by atoms with Crippen molar-refractivity contribution in [1.29, 1.82) is 0 Å². The Bertz CT molecular complexity index is 377. The van der Waals surface area contributed by atoms with E-state index >= 15 is 0 Å². The molecule has 0 radical (unpaired) electrons. The number of hydrogen-bond acceptors (Lipinski definition) is 1. The zero-order chi connectivity index (χ0) is 13.7. The largest absolute Gasteiger partial charge is 0.314 e. The maximum absolute atomic E-state index is 13.2. The van der Waals surface area contributed by atoms with Crippen LogP contribution in [0.15, 0.2) is 18.2 Å². The summed E-state index contributed by atoms with van der Waals surface area (Å²) < 4.78 is 26.1. The van der Waals surface area contributed by atoms with E-state index in [1.165, 1.54) is 12.1 Å². The Morgan fingerprint density at radius 1 is 1.11 bits per heavy atom. The highest BCUT2D eigenvalue weighted by Gasteiger charge is 2.20. The normalized spacial score (nSPS) is 14.8. The molecule has 1 aromatic rings. The lowest BCUT2D eigenvalue weighted by molar-refractivity contribution is 0.300. The summed E-state index contributed by atoms with van der Waals surface area (Å²) in [6.45, 7) is 9.50. The average molecular weight is 255 g/mol. The average Bonchev–Trinajstić information content (AvgIpc) is 2.32. The van der Waals surface area contributed by atoms with Gasteiger partial charge in [0.25, 0.3) is 0 Å². The molecule has 0 aromatic heterocycles. The number of nitrogens with one attached hydrogen (secondary N) is 1. The van der Waals surface area contributed by atoms with E-state index in [4.69, 9.17) is 0 Å². The van der Waals surface area contributed by atoms with E-state index in [1.54, 1.807) is 6.07 Å². The van der Waals surface area contributed by atoms with E-state index in [0.717, 1.165) is 18.5 Å². The van der Waals surface area contributed by atoms with Crippen LogP contribution in [-0.2, 0) is 6.42 Å². The third-order valence-electron chi connectivity index (χ3n) is 3.59. The number of halogens is 2. The molecule has 1 aromatic carbocycles. The minimum atomic E-state index is -0.782. The highest BCUT2D eigenvalue weighted by atomic mass is 19.2. The Kier molecular flexibility index (Phi) is 5.73. The number of benzene rings is 1. The van der Waals surface area contributed by atoms with Gasteiger partial charge in [-0.25, -0.2) is 8.78 Å². The Labute approximate surface area is 109 Å². The monoisotopic (exact) mass is 255 g/mol. The minimum Gasteiger partial charge on any atom is -0.314 e. The van der Waals surface area contributed by atoms with Gasteiger partial charge in [-0.3, -0.25) is 0 Å². The smallest absolute Gasteiger partial charge is 0.159 e. The fourth-order valence-electron chi connectivity index (χ4n) is 2.09. The van der Waals surface area contributed by atoms with Crippen molar-refractivity contribution in [3.05, 3.63) is 35.4 Å². The molecule has 0 aliphatic carbocycles. The standard InChI is InChI=1S/C15H23F2N/c1-5-18-15(11(4)10(2)3)9-12-6-7-13(16)14(17)8-12/h6-8,10-11,15,18H,5,9H2,1-4H3. The summed E-state index contributed by atoms with van der Waals surface area (Å²) in [5, 5.41) is 3.43. The van der Waals surface area contributed by atoms with Gasteiger partial charge in [0.05, 0.1) is 0 Å². The van der Waals surface area contributed by atoms with Crippen molar-refractivity contribution in [2.45, 2.75) is 40.2 Å². The molecule has 2 unspecified atom stereocenters. The second-order valence-electron chi connectivity index (χ2n) is 5.22. The van der Waals surface area contributed by atoms with Crippen LogP contribution in [0.5, 0.6) is 0 Å². The van der Waals surface area contributed by atoms with Crippen LogP contribution in [0.3, 0.4) is 0 Å². The first-order valence-corrected chi connectivity index (χ1v) is 6.63. The van der Waals surface area contributed by atoms with Gasteiger partial charge in [0.15, 0.2) is 11.6 Å². The second-order valence-corrected chi connectivity index (χ2v) is 5.22. The summed E-state index contributed by atoms with van der Waals surface area (Å²) in [4.78, 5) is 0. The molecule has 1 rings (SSSR count). The van der Waals surface area contributed by atoms with E-state index < -0.39 is 11.6 Å². The maximum Gasteiger partial charge on any atom is 0.159 e. The molecular weight excluding hydrogens is 232 g/mol. The zero-order valence-electron chi connectivity index (χ0n) is 11.6. The predicted molar refractivity (Wildman–Crippen MR) is 71.5 cm³/mol. The summed E-state index contributed by atoms with van der Waals surface area (Å²) in [5.74, 6) is -0.506. The summed E-state index contributed by atoms with van der Waals surface area (Å²) in [6.07, 6.45) is 0.727. The molecule has 1 N–H and O–H groups in total. The molecule has 2 atom stereocenters. The molecule has 0 saturated carbocycles. The van der Waals surface area contributed by atoms with Gasteiger partial charge in [-0.05, 0) is 42.5 Å². The van der Waals surface area contributed by atoms with Crippen molar-refractivity contribution in [2.24, 2.45) is 11.8 Å². The van der Waals surface area contributed by atoms with E-state index in [0.29, 0.717) is 17.9 Å². The highest BCUT2D eigenvalue weighted by Crippen LogP contribution is 2.19. The van der Waals surface area contributed by atoms with Crippen molar-refractivity contribution in [3.8, 4) is 0 Å². The van der Waals surface area contributed by atoms with Crippen molar-refractivity contribution in [3.63, 3.8) is 0 Å². The third kappa shape index (κ3) is 4.05. The fraction of sp³-hybridized carbons (Fsp3) is 0.600. The quantitative estimate of drug-likeness (QED) is 0.815. The molecule has 0 fully saturated rings. The first-order valence-electron chi connectivity index (χ1n) is 6.63. The molecule has 0 amide bonds. The van der Waals surface area contributed by atoms with Crippen LogP contribution in [-0.4, -0.2) is 12.6 Å². The van der Waals surface area contributed by atoms with Gasteiger partial charge in [0, 0.05) is 6.04 Å². The molecular formula is C15H23F2N. The van der Waals surface area contributed by atoms with E-state index in [1.807, 2.05) is 0 Å². The van der Waals surface area contributed by atoms with Crippen molar-refractivity contribution >= 4 is 0 Å². The molecule has 0 aliphatic heterocycles. The van der Waals surface area contributed by atoms with Crippen LogP contribution >= 0.6 is 0 Å². The molecule has 1 nitrogen and oxygen atoms in total. The lowest BCUT2D eigenvalue weighted by atomic mass is 9.86. The van der Waals surface area contributed by atoms with Crippen molar-refractivity contribution in [1.82, 2.24) is 5.32 Å². The summed E-state index contributed by atoms with van der Waals surface area (Å²) >= 11 is 0. The van der Waals surface area contributed by atoms with E-state index in [9.17, 15) is 8.78 Å². The van der Waals surface area contributed by atoms with Gasteiger partial charge in [-0.1, -0.05) is 33.8 Å². The molecule has 0 heterocycles. The van der Waals surface area contributed by atoms with Gasteiger partial charge >= 0.3 is 0 Å². The molecule has 0 aliphatic rings. The summed E-state index contributed by atoms with van der Waals surface area (Å²) in [6, 6.07) is 4.45.